The van der Waals surface area contributed by atoms with E-state index in [0.717, 1.165) is 18.6 Å². The van der Waals surface area contributed by atoms with Crippen molar-refractivity contribution >= 4 is 5.91 Å². The number of benzene rings is 1. The van der Waals surface area contributed by atoms with Gasteiger partial charge in [-0.2, -0.15) is 0 Å². The molecule has 4 nitrogen and oxygen atoms in total. The van der Waals surface area contributed by atoms with Crippen LogP contribution in [0.4, 0.5) is 0 Å². The summed E-state index contributed by atoms with van der Waals surface area (Å²) in [6.07, 6.45) is 2.13. The van der Waals surface area contributed by atoms with Gasteiger partial charge in [-0.05, 0) is 24.5 Å². The van der Waals surface area contributed by atoms with Gasteiger partial charge in [-0.15, -0.1) is 0 Å². The Labute approximate surface area is 121 Å². The van der Waals surface area contributed by atoms with Gasteiger partial charge in [0.2, 0.25) is 0 Å². The molecule has 1 aromatic carbocycles. The van der Waals surface area contributed by atoms with E-state index in [9.17, 15) is 4.79 Å². The highest BCUT2D eigenvalue weighted by molar-refractivity contribution is 5.77. The SMILES string of the molecule is CCCCOc1cccc(OCC(=O)NCC(C)C)c1. The van der Waals surface area contributed by atoms with Crippen LogP contribution in [0.5, 0.6) is 11.5 Å². The van der Waals surface area contributed by atoms with Crippen LogP contribution in [0.3, 0.4) is 0 Å². The number of nitrogens with one attached hydrogen (secondary N) is 1. The van der Waals surface area contributed by atoms with Gasteiger partial charge in [0.1, 0.15) is 11.5 Å². The lowest BCUT2D eigenvalue weighted by molar-refractivity contribution is -0.123. The summed E-state index contributed by atoms with van der Waals surface area (Å²) in [6, 6.07) is 7.39. The molecule has 0 unspecified atom stereocenters. The number of hydrogen-bond donors (Lipinski definition) is 1. The van der Waals surface area contributed by atoms with Crippen LogP contribution in [-0.2, 0) is 4.79 Å². The molecule has 0 fully saturated rings. The summed E-state index contributed by atoms with van der Waals surface area (Å²) in [7, 11) is 0. The Morgan fingerprint density at radius 1 is 1.25 bits per heavy atom. The van der Waals surface area contributed by atoms with Crippen molar-refractivity contribution in [2.45, 2.75) is 33.6 Å². The topological polar surface area (TPSA) is 47.6 Å². The second kappa shape index (κ2) is 9.23. The first-order valence-electron chi connectivity index (χ1n) is 7.24. The highest BCUT2D eigenvalue weighted by atomic mass is 16.5. The van der Waals surface area contributed by atoms with Crippen LogP contribution >= 0.6 is 0 Å². The molecule has 0 radical (unpaired) electrons. The molecule has 0 spiro atoms. The van der Waals surface area contributed by atoms with Crippen LogP contribution < -0.4 is 14.8 Å². The Bertz CT molecular complexity index is 404. The van der Waals surface area contributed by atoms with Crippen LogP contribution in [0.15, 0.2) is 24.3 Å². The van der Waals surface area contributed by atoms with Crippen LogP contribution in [-0.4, -0.2) is 25.7 Å². The van der Waals surface area contributed by atoms with Crippen LogP contribution in [0.1, 0.15) is 33.6 Å². The number of unbranched alkanes of at least 4 members (excludes halogenated alkanes) is 1. The van der Waals surface area contributed by atoms with E-state index in [4.69, 9.17) is 9.47 Å². The molecule has 1 rings (SSSR count). The van der Waals surface area contributed by atoms with Crippen molar-refractivity contribution in [2.75, 3.05) is 19.8 Å². The molecule has 0 aliphatic rings. The Morgan fingerprint density at radius 3 is 2.60 bits per heavy atom. The number of carbonyl (C=O) groups excluding carboxylic acids is 1. The number of rotatable bonds is 9. The van der Waals surface area contributed by atoms with E-state index in [1.54, 1.807) is 0 Å². The number of carbonyl (C=O) groups is 1. The van der Waals surface area contributed by atoms with Gasteiger partial charge in [-0.3, -0.25) is 4.79 Å². The molecule has 1 aromatic rings. The summed E-state index contributed by atoms with van der Waals surface area (Å²) in [5.41, 5.74) is 0. The molecule has 0 aliphatic carbocycles. The quantitative estimate of drug-likeness (QED) is 0.707. The Morgan fingerprint density at radius 2 is 1.95 bits per heavy atom. The van der Waals surface area contributed by atoms with Gasteiger partial charge in [0, 0.05) is 12.6 Å². The van der Waals surface area contributed by atoms with Crippen molar-refractivity contribution in [2.24, 2.45) is 5.92 Å². The zero-order valence-corrected chi connectivity index (χ0v) is 12.6. The molecule has 0 heterocycles. The van der Waals surface area contributed by atoms with E-state index < -0.39 is 0 Å². The van der Waals surface area contributed by atoms with Crippen molar-refractivity contribution in [3.8, 4) is 11.5 Å². The largest absolute Gasteiger partial charge is 0.493 e. The van der Waals surface area contributed by atoms with E-state index in [1.165, 1.54) is 0 Å². The fourth-order valence-corrected chi connectivity index (χ4v) is 1.51. The van der Waals surface area contributed by atoms with Gasteiger partial charge >= 0.3 is 0 Å². The predicted octanol–water partition coefficient (Wildman–Crippen LogP) is 3.02. The van der Waals surface area contributed by atoms with Gasteiger partial charge in [-0.25, -0.2) is 0 Å². The lowest BCUT2D eigenvalue weighted by Crippen LogP contribution is -2.31. The lowest BCUT2D eigenvalue weighted by atomic mass is 10.2. The maximum Gasteiger partial charge on any atom is 0.257 e. The van der Waals surface area contributed by atoms with Crippen LogP contribution in [0.25, 0.3) is 0 Å². The Balaban J connectivity index is 2.36. The van der Waals surface area contributed by atoms with Crippen LogP contribution in [0.2, 0.25) is 0 Å². The molecule has 0 saturated heterocycles. The first-order valence-corrected chi connectivity index (χ1v) is 7.24. The maximum absolute atomic E-state index is 11.5. The molecule has 112 valence electrons. The molecular weight excluding hydrogens is 254 g/mol. The fourth-order valence-electron chi connectivity index (χ4n) is 1.51. The zero-order chi connectivity index (χ0) is 14.8. The summed E-state index contributed by atoms with van der Waals surface area (Å²) in [5.74, 6) is 1.77. The van der Waals surface area contributed by atoms with Crippen molar-refractivity contribution in [3.05, 3.63) is 24.3 Å². The van der Waals surface area contributed by atoms with Gasteiger partial charge < -0.3 is 14.8 Å². The zero-order valence-electron chi connectivity index (χ0n) is 12.6. The molecule has 4 heteroatoms. The minimum absolute atomic E-state index is 0.0329. The molecule has 0 atom stereocenters. The molecule has 1 amide bonds. The fraction of sp³-hybridized carbons (Fsp3) is 0.562. The second-order valence-electron chi connectivity index (χ2n) is 5.16. The monoisotopic (exact) mass is 279 g/mol. The first kappa shape index (κ1) is 16.3. The van der Waals surface area contributed by atoms with Crippen molar-refractivity contribution < 1.29 is 14.3 Å². The smallest absolute Gasteiger partial charge is 0.257 e. The van der Waals surface area contributed by atoms with Gasteiger partial charge in [-0.1, -0.05) is 33.3 Å². The first-order chi connectivity index (χ1) is 9.61. The number of ether oxygens (including phenoxy) is 2. The third kappa shape index (κ3) is 7.02. The molecule has 0 bridgehead atoms. The number of hydrogen-bond acceptors (Lipinski definition) is 3. The van der Waals surface area contributed by atoms with E-state index in [-0.39, 0.29) is 12.5 Å². The summed E-state index contributed by atoms with van der Waals surface area (Å²) >= 11 is 0. The van der Waals surface area contributed by atoms with Gasteiger partial charge in [0.25, 0.3) is 5.91 Å². The lowest BCUT2D eigenvalue weighted by Gasteiger charge is -2.10. The van der Waals surface area contributed by atoms with Crippen molar-refractivity contribution in [1.29, 1.82) is 0 Å². The second-order valence-corrected chi connectivity index (χ2v) is 5.16. The molecule has 0 aromatic heterocycles. The number of amides is 1. The standard InChI is InChI=1S/C16H25NO3/c1-4-5-9-19-14-7-6-8-15(10-14)20-12-16(18)17-11-13(2)3/h6-8,10,13H,4-5,9,11-12H2,1-3H3,(H,17,18). The van der Waals surface area contributed by atoms with E-state index in [0.29, 0.717) is 24.8 Å². The average Bonchev–Trinajstić information content (AvgIpc) is 2.43. The predicted molar refractivity (Wildman–Crippen MR) is 80.2 cm³/mol. The maximum atomic E-state index is 11.5. The molecule has 20 heavy (non-hydrogen) atoms. The van der Waals surface area contributed by atoms with Crippen molar-refractivity contribution in [1.82, 2.24) is 5.32 Å². The third-order valence-corrected chi connectivity index (χ3v) is 2.65. The van der Waals surface area contributed by atoms with Gasteiger partial charge in [0.05, 0.1) is 6.61 Å². The van der Waals surface area contributed by atoms with Crippen molar-refractivity contribution in [3.63, 3.8) is 0 Å². The minimum Gasteiger partial charge on any atom is -0.493 e. The molecule has 0 saturated carbocycles. The summed E-state index contributed by atoms with van der Waals surface area (Å²) in [4.78, 5) is 11.5. The highest BCUT2D eigenvalue weighted by Gasteiger charge is 2.04. The molecule has 0 aliphatic heterocycles. The minimum atomic E-state index is -0.101. The highest BCUT2D eigenvalue weighted by Crippen LogP contribution is 2.19. The van der Waals surface area contributed by atoms with Crippen LogP contribution in [0, 0.1) is 5.92 Å². The summed E-state index contributed by atoms with van der Waals surface area (Å²) < 4.78 is 11.0. The summed E-state index contributed by atoms with van der Waals surface area (Å²) in [5, 5.41) is 2.81. The van der Waals surface area contributed by atoms with E-state index >= 15 is 0 Å². The normalized spacial score (nSPS) is 10.4. The van der Waals surface area contributed by atoms with E-state index in [2.05, 4.69) is 26.1 Å². The van der Waals surface area contributed by atoms with Gasteiger partial charge in [0.15, 0.2) is 6.61 Å². The molecular formula is C16H25NO3. The average molecular weight is 279 g/mol. The van der Waals surface area contributed by atoms with E-state index in [1.807, 2.05) is 24.3 Å². The molecule has 1 N–H and O–H groups in total. The summed E-state index contributed by atoms with van der Waals surface area (Å²) in [6.45, 7) is 7.64. The Hall–Kier alpha value is -1.71. The third-order valence-electron chi connectivity index (χ3n) is 2.65. The Kier molecular flexibility index (Phi) is 7.55.